The molecule has 106 valence electrons. The molecular weight excluding hydrogens is 268 g/mol. The van der Waals surface area contributed by atoms with Crippen molar-refractivity contribution in [1.29, 1.82) is 0 Å². The summed E-state index contributed by atoms with van der Waals surface area (Å²) in [6.07, 6.45) is 0. The summed E-state index contributed by atoms with van der Waals surface area (Å²) in [5.41, 5.74) is 10.4. The summed E-state index contributed by atoms with van der Waals surface area (Å²) in [7, 11) is 0. The van der Waals surface area contributed by atoms with Crippen molar-refractivity contribution in [2.45, 2.75) is 26.8 Å². The van der Waals surface area contributed by atoms with Gasteiger partial charge in [0, 0.05) is 18.3 Å². The predicted octanol–water partition coefficient (Wildman–Crippen LogP) is 4.83. The minimum absolute atomic E-state index is 0.00408. The molecule has 0 bridgehead atoms. The molecule has 0 radical (unpaired) electrons. The lowest BCUT2D eigenvalue weighted by molar-refractivity contribution is 0.818. The Morgan fingerprint density at radius 1 is 1.20 bits per heavy atom. The van der Waals surface area contributed by atoms with Gasteiger partial charge in [-0.05, 0) is 56.2 Å². The molecule has 0 spiro atoms. The van der Waals surface area contributed by atoms with Crippen LogP contribution in [0.1, 0.15) is 31.0 Å². The minimum Gasteiger partial charge on any atom is -0.341 e. The molecule has 3 heteroatoms. The molecular formula is C17H21ClN2. The summed E-state index contributed by atoms with van der Waals surface area (Å²) in [5.74, 6) is 0. The molecule has 0 fully saturated rings. The van der Waals surface area contributed by atoms with Crippen molar-refractivity contribution in [3.8, 4) is 0 Å². The Labute approximate surface area is 126 Å². The van der Waals surface area contributed by atoms with Gasteiger partial charge in [0.25, 0.3) is 0 Å². The van der Waals surface area contributed by atoms with Crippen LogP contribution >= 0.6 is 11.6 Å². The number of rotatable bonds is 4. The van der Waals surface area contributed by atoms with Gasteiger partial charge in [0.15, 0.2) is 0 Å². The quantitative estimate of drug-likeness (QED) is 0.873. The Morgan fingerprint density at radius 3 is 2.50 bits per heavy atom. The molecule has 20 heavy (non-hydrogen) atoms. The minimum atomic E-state index is -0.00408. The van der Waals surface area contributed by atoms with E-state index in [4.69, 9.17) is 17.3 Å². The molecule has 2 aromatic carbocycles. The molecule has 2 N–H and O–H groups in total. The first-order chi connectivity index (χ1) is 9.52. The fraction of sp³-hybridized carbons (Fsp3) is 0.294. The normalized spacial score (nSPS) is 12.2. The van der Waals surface area contributed by atoms with Gasteiger partial charge in [-0.1, -0.05) is 29.8 Å². The van der Waals surface area contributed by atoms with Crippen molar-refractivity contribution in [3.63, 3.8) is 0 Å². The zero-order valence-electron chi connectivity index (χ0n) is 12.2. The van der Waals surface area contributed by atoms with Crippen LogP contribution in [0.2, 0.25) is 5.02 Å². The highest BCUT2D eigenvalue weighted by atomic mass is 35.5. The number of benzene rings is 2. The van der Waals surface area contributed by atoms with Crippen LogP contribution in [0.5, 0.6) is 0 Å². The number of anilines is 2. The summed E-state index contributed by atoms with van der Waals surface area (Å²) < 4.78 is 0. The van der Waals surface area contributed by atoms with Crippen LogP contribution < -0.4 is 10.6 Å². The standard InChI is InChI=1S/C17H21ClN2/c1-4-20(15-7-5-6-12(2)10-15)17-9-8-14(13(3)19)11-16(17)18/h5-11,13H,4,19H2,1-3H3. The van der Waals surface area contributed by atoms with Crippen molar-refractivity contribution in [1.82, 2.24) is 0 Å². The zero-order chi connectivity index (χ0) is 14.7. The SMILES string of the molecule is CCN(c1cccc(C)c1)c1ccc(C(C)N)cc1Cl. The van der Waals surface area contributed by atoms with E-state index in [0.717, 1.165) is 28.5 Å². The van der Waals surface area contributed by atoms with E-state index in [9.17, 15) is 0 Å². The summed E-state index contributed by atoms with van der Waals surface area (Å²) in [5, 5.41) is 0.739. The molecule has 0 aliphatic carbocycles. The van der Waals surface area contributed by atoms with Gasteiger partial charge in [0.2, 0.25) is 0 Å². The van der Waals surface area contributed by atoms with Crippen LogP contribution in [0.3, 0.4) is 0 Å². The van der Waals surface area contributed by atoms with Crippen molar-refractivity contribution in [2.75, 3.05) is 11.4 Å². The number of nitrogens with two attached hydrogens (primary N) is 1. The van der Waals surface area contributed by atoms with Crippen LogP contribution in [-0.4, -0.2) is 6.54 Å². The van der Waals surface area contributed by atoms with Crippen LogP contribution in [0.25, 0.3) is 0 Å². The number of nitrogens with zero attached hydrogens (tertiary/aromatic N) is 1. The fourth-order valence-electron chi connectivity index (χ4n) is 2.31. The predicted molar refractivity (Wildman–Crippen MR) is 87.9 cm³/mol. The third-order valence-corrected chi connectivity index (χ3v) is 3.72. The molecule has 0 amide bonds. The Balaban J connectivity index is 2.42. The van der Waals surface area contributed by atoms with E-state index in [2.05, 4.69) is 43.0 Å². The highest BCUT2D eigenvalue weighted by Gasteiger charge is 2.12. The van der Waals surface area contributed by atoms with Gasteiger partial charge in [-0.2, -0.15) is 0 Å². The summed E-state index contributed by atoms with van der Waals surface area (Å²) in [4.78, 5) is 2.21. The summed E-state index contributed by atoms with van der Waals surface area (Å²) in [6, 6.07) is 14.5. The van der Waals surface area contributed by atoms with E-state index in [1.807, 2.05) is 25.1 Å². The third-order valence-electron chi connectivity index (χ3n) is 3.42. The number of hydrogen-bond acceptors (Lipinski definition) is 2. The molecule has 2 rings (SSSR count). The monoisotopic (exact) mass is 288 g/mol. The Morgan fingerprint density at radius 2 is 1.95 bits per heavy atom. The average molecular weight is 289 g/mol. The van der Waals surface area contributed by atoms with Crippen LogP contribution in [0.15, 0.2) is 42.5 Å². The lowest BCUT2D eigenvalue weighted by atomic mass is 10.1. The van der Waals surface area contributed by atoms with E-state index in [1.54, 1.807) is 0 Å². The van der Waals surface area contributed by atoms with Gasteiger partial charge < -0.3 is 10.6 Å². The Hall–Kier alpha value is -1.51. The van der Waals surface area contributed by atoms with Crippen LogP contribution in [-0.2, 0) is 0 Å². The second-order valence-electron chi connectivity index (χ2n) is 5.08. The van der Waals surface area contributed by atoms with E-state index in [1.165, 1.54) is 5.56 Å². The highest BCUT2D eigenvalue weighted by molar-refractivity contribution is 6.33. The zero-order valence-corrected chi connectivity index (χ0v) is 13.0. The molecule has 2 aromatic rings. The van der Waals surface area contributed by atoms with Crippen molar-refractivity contribution < 1.29 is 0 Å². The van der Waals surface area contributed by atoms with Crippen LogP contribution in [0.4, 0.5) is 11.4 Å². The van der Waals surface area contributed by atoms with Crippen molar-refractivity contribution in [2.24, 2.45) is 5.73 Å². The average Bonchev–Trinajstić information content (AvgIpc) is 2.41. The first kappa shape index (κ1) is 14.9. The first-order valence-electron chi connectivity index (χ1n) is 6.92. The van der Waals surface area contributed by atoms with Gasteiger partial charge in [-0.15, -0.1) is 0 Å². The van der Waals surface area contributed by atoms with Crippen LogP contribution in [0, 0.1) is 6.92 Å². The lowest BCUT2D eigenvalue weighted by Crippen LogP contribution is -2.17. The number of hydrogen-bond donors (Lipinski definition) is 1. The van der Waals surface area contributed by atoms with Gasteiger partial charge >= 0.3 is 0 Å². The number of halogens is 1. The highest BCUT2D eigenvalue weighted by Crippen LogP contribution is 2.33. The van der Waals surface area contributed by atoms with E-state index < -0.39 is 0 Å². The second kappa shape index (κ2) is 6.29. The summed E-state index contributed by atoms with van der Waals surface area (Å²) >= 11 is 6.44. The topological polar surface area (TPSA) is 29.3 Å². The Bertz CT molecular complexity index is 593. The molecule has 0 saturated heterocycles. The lowest BCUT2D eigenvalue weighted by Gasteiger charge is -2.25. The molecule has 1 unspecified atom stereocenters. The molecule has 0 saturated carbocycles. The molecule has 0 heterocycles. The molecule has 0 aliphatic rings. The molecule has 2 nitrogen and oxygen atoms in total. The maximum Gasteiger partial charge on any atom is 0.0646 e. The smallest absolute Gasteiger partial charge is 0.0646 e. The van der Waals surface area contributed by atoms with E-state index in [-0.39, 0.29) is 6.04 Å². The van der Waals surface area contributed by atoms with Gasteiger partial charge in [0.1, 0.15) is 0 Å². The fourth-order valence-corrected chi connectivity index (χ4v) is 2.60. The van der Waals surface area contributed by atoms with E-state index >= 15 is 0 Å². The van der Waals surface area contributed by atoms with E-state index in [0.29, 0.717) is 0 Å². The molecule has 0 aliphatic heterocycles. The summed E-state index contributed by atoms with van der Waals surface area (Å²) in [6.45, 7) is 7.04. The Kier molecular flexibility index (Phi) is 4.69. The van der Waals surface area contributed by atoms with Gasteiger partial charge in [0.05, 0.1) is 10.7 Å². The van der Waals surface area contributed by atoms with Crippen molar-refractivity contribution in [3.05, 3.63) is 58.6 Å². The van der Waals surface area contributed by atoms with Crippen molar-refractivity contribution >= 4 is 23.0 Å². The second-order valence-corrected chi connectivity index (χ2v) is 5.49. The maximum atomic E-state index is 6.44. The largest absolute Gasteiger partial charge is 0.341 e. The maximum absolute atomic E-state index is 6.44. The first-order valence-corrected chi connectivity index (χ1v) is 7.30. The van der Waals surface area contributed by atoms with Gasteiger partial charge in [-0.3, -0.25) is 0 Å². The molecule has 0 aromatic heterocycles. The van der Waals surface area contributed by atoms with Gasteiger partial charge in [-0.25, -0.2) is 0 Å². The number of aryl methyl sites for hydroxylation is 1. The molecule has 1 atom stereocenters. The third kappa shape index (κ3) is 3.14.